The van der Waals surface area contributed by atoms with E-state index in [1.165, 1.54) is 32.1 Å². The van der Waals surface area contributed by atoms with Crippen LogP contribution in [-0.2, 0) is 0 Å². The monoisotopic (exact) mass is 283 g/mol. The molecule has 1 saturated carbocycles. The lowest BCUT2D eigenvalue weighted by Gasteiger charge is -2.32. The Bertz CT molecular complexity index is 302. The highest BCUT2D eigenvalue weighted by Gasteiger charge is 2.24. The molecule has 0 aromatic rings. The molecule has 0 amide bonds. The molecular formula is C16H33N3O. The van der Waals surface area contributed by atoms with Gasteiger partial charge in [0.2, 0.25) is 0 Å². The Morgan fingerprint density at radius 3 is 2.65 bits per heavy atom. The number of hydrogen-bond donors (Lipinski definition) is 3. The van der Waals surface area contributed by atoms with Gasteiger partial charge >= 0.3 is 0 Å². The lowest BCUT2D eigenvalue weighted by atomic mass is 9.82. The molecule has 1 aliphatic carbocycles. The van der Waals surface area contributed by atoms with Gasteiger partial charge < -0.3 is 16.3 Å². The fraction of sp³-hybridized carbons (Fsp3) is 0.938. The molecule has 2 atom stereocenters. The van der Waals surface area contributed by atoms with E-state index in [9.17, 15) is 0 Å². The molecule has 0 aromatic carbocycles. The minimum atomic E-state index is -0.203. The Hall–Kier alpha value is -0.770. The predicted octanol–water partition coefficient (Wildman–Crippen LogP) is 3.49. The van der Waals surface area contributed by atoms with Crippen molar-refractivity contribution in [2.75, 3.05) is 6.54 Å². The summed E-state index contributed by atoms with van der Waals surface area (Å²) in [7, 11) is 0. The van der Waals surface area contributed by atoms with Crippen LogP contribution in [-0.4, -0.2) is 23.6 Å². The molecule has 4 nitrogen and oxygen atoms in total. The molecule has 0 heterocycles. The number of hydrogen-bond acceptors (Lipinski definition) is 3. The first-order chi connectivity index (χ1) is 9.51. The standard InChI is InChI=1S/C16H33N3O/c1-4-13-9-5-6-10-14(13)18-12-8-7-11-16(2,3)15(17)19-20/h13-14,18,20H,4-12H2,1-3H3,(H2,17,19). The van der Waals surface area contributed by atoms with Crippen molar-refractivity contribution in [1.82, 2.24) is 5.32 Å². The van der Waals surface area contributed by atoms with Gasteiger partial charge in [-0.25, -0.2) is 0 Å². The molecule has 0 aliphatic heterocycles. The van der Waals surface area contributed by atoms with Gasteiger partial charge in [-0.2, -0.15) is 0 Å². The van der Waals surface area contributed by atoms with Gasteiger partial charge in [-0.15, -0.1) is 0 Å². The van der Waals surface area contributed by atoms with E-state index in [-0.39, 0.29) is 5.41 Å². The van der Waals surface area contributed by atoms with Crippen molar-refractivity contribution in [2.45, 2.75) is 78.2 Å². The maximum atomic E-state index is 8.75. The maximum absolute atomic E-state index is 8.75. The van der Waals surface area contributed by atoms with E-state index in [0.29, 0.717) is 5.84 Å². The number of nitrogens with one attached hydrogen (secondary N) is 1. The minimum Gasteiger partial charge on any atom is -0.409 e. The fourth-order valence-electron chi connectivity index (χ4n) is 3.21. The average molecular weight is 283 g/mol. The first-order valence-electron chi connectivity index (χ1n) is 8.22. The number of nitrogens with zero attached hydrogens (tertiary/aromatic N) is 1. The van der Waals surface area contributed by atoms with Crippen LogP contribution in [0.5, 0.6) is 0 Å². The maximum Gasteiger partial charge on any atom is 0.144 e. The fourth-order valence-corrected chi connectivity index (χ4v) is 3.21. The zero-order chi connectivity index (χ0) is 15.0. The largest absolute Gasteiger partial charge is 0.409 e. The van der Waals surface area contributed by atoms with Crippen molar-refractivity contribution in [3.8, 4) is 0 Å². The van der Waals surface area contributed by atoms with Gasteiger partial charge in [-0.1, -0.05) is 51.6 Å². The Labute approximate surface area is 124 Å². The Morgan fingerprint density at radius 2 is 2.00 bits per heavy atom. The van der Waals surface area contributed by atoms with E-state index in [2.05, 4.69) is 17.4 Å². The minimum absolute atomic E-state index is 0.203. The van der Waals surface area contributed by atoms with Gasteiger partial charge in [0.1, 0.15) is 5.84 Å². The van der Waals surface area contributed by atoms with Crippen molar-refractivity contribution in [1.29, 1.82) is 0 Å². The van der Waals surface area contributed by atoms with Crippen molar-refractivity contribution < 1.29 is 5.21 Å². The molecule has 118 valence electrons. The second kappa shape index (κ2) is 8.50. The summed E-state index contributed by atoms with van der Waals surface area (Å²) < 4.78 is 0. The van der Waals surface area contributed by atoms with Crippen LogP contribution >= 0.6 is 0 Å². The van der Waals surface area contributed by atoms with E-state index < -0.39 is 0 Å². The number of unbranched alkanes of at least 4 members (excludes halogenated alkanes) is 1. The second-order valence-electron chi connectivity index (χ2n) is 6.84. The molecule has 4 N–H and O–H groups in total. The van der Waals surface area contributed by atoms with Gasteiger partial charge in [0.25, 0.3) is 0 Å². The molecule has 2 unspecified atom stereocenters. The average Bonchev–Trinajstić information content (AvgIpc) is 2.46. The molecule has 0 bridgehead atoms. The topological polar surface area (TPSA) is 70.6 Å². The summed E-state index contributed by atoms with van der Waals surface area (Å²) >= 11 is 0. The predicted molar refractivity (Wildman–Crippen MR) is 85.1 cm³/mol. The number of oxime groups is 1. The van der Waals surface area contributed by atoms with Crippen LogP contribution < -0.4 is 11.1 Å². The van der Waals surface area contributed by atoms with E-state index in [1.54, 1.807) is 0 Å². The first kappa shape index (κ1) is 17.3. The zero-order valence-electron chi connectivity index (χ0n) is 13.5. The highest BCUT2D eigenvalue weighted by Crippen LogP contribution is 2.27. The van der Waals surface area contributed by atoms with Crippen LogP contribution in [0.1, 0.15) is 72.1 Å². The van der Waals surface area contributed by atoms with E-state index in [1.807, 2.05) is 13.8 Å². The third kappa shape index (κ3) is 5.31. The van der Waals surface area contributed by atoms with E-state index >= 15 is 0 Å². The summed E-state index contributed by atoms with van der Waals surface area (Å²) in [4.78, 5) is 0. The number of rotatable bonds is 8. The van der Waals surface area contributed by atoms with Crippen molar-refractivity contribution in [2.24, 2.45) is 22.2 Å². The van der Waals surface area contributed by atoms with Crippen molar-refractivity contribution in [3.63, 3.8) is 0 Å². The Kier molecular flexibility index (Phi) is 7.35. The molecule has 4 heteroatoms. The molecule has 1 aliphatic rings. The van der Waals surface area contributed by atoms with Gasteiger partial charge in [0.05, 0.1) is 0 Å². The van der Waals surface area contributed by atoms with E-state index in [4.69, 9.17) is 10.9 Å². The van der Waals surface area contributed by atoms with E-state index in [0.717, 1.165) is 37.8 Å². The quantitative estimate of drug-likeness (QED) is 0.210. The van der Waals surface area contributed by atoms with Crippen LogP contribution in [0.3, 0.4) is 0 Å². The van der Waals surface area contributed by atoms with Gasteiger partial charge in [-0.3, -0.25) is 0 Å². The molecule has 0 radical (unpaired) electrons. The van der Waals surface area contributed by atoms with Crippen LogP contribution in [0.2, 0.25) is 0 Å². The summed E-state index contributed by atoms with van der Waals surface area (Å²) in [6.07, 6.45) is 10.1. The van der Waals surface area contributed by atoms with Gasteiger partial charge in [0, 0.05) is 11.5 Å². The van der Waals surface area contributed by atoms with Crippen molar-refractivity contribution in [3.05, 3.63) is 0 Å². The SMILES string of the molecule is CCC1CCCCC1NCCCCC(C)(C)C(N)=NO. The smallest absolute Gasteiger partial charge is 0.144 e. The third-order valence-electron chi connectivity index (χ3n) is 4.87. The van der Waals surface area contributed by atoms with Crippen LogP contribution in [0.4, 0.5) is 0 Å². The molecule has 1 fully saturated rings. The molecule has 0 spiro atoms. The van der Waals surface area contributed by atoms with Crippen LogP contribution in [0.15, 0.2) is 5.16 Å². The van der Waals surface area contributed by atoms with Crippen molar-refractivity contribution >= 4 is 5.84 Å². The summed E-state index contributed by atoms with van der Waals surface area (Å²) in [6.45, 7) is 7.46. The lowest BCUT2D eigenvalue weighted by molar-refractivity contribution is 0.254. The van der Waals surface area contributed by atoms with Crippen LogP contribution in [0.25, 0.3) is 0 Å². The van der Waals surface area contributed by atoms with Gasteiger partial charge in [0.15, 0.2) is 0 Å². The summed E-state index contributed by atoms with van der Waals surface area (Å²) in [5, 5.41) is 15.6. The second-order valence-corrected chi connectivity index (χ2v) is 6.84. The normalized spacial score (nSPS) is 24.9. The molecule has 20 heavy (non-hydrogen) atoms. The van der Waals surface area contributed by atoms with Crippen LogP contribution in [0, 0.1) is 11.3 Å². The lowest BCUT2D eigenvalue weighted by Crippen LogP contribution is -2.39. The van der Waals surface area contributed by atoms with Gasteiger partial charge in [-0.05, 0) is 38.1 Å². The first-order valence-corrected chi connectivity index (χ1v) is 8.22. The molecule has 0 saturated heterocycles. The molecular weight excluding hydrogens is 250 g/mol. The Balaban J connectivity index is 2.18. The molecule has 1 rings (SSSR count). The number of nitrogens with two attached hydrogens (primary N) is 1. The zero-order valence-corrected chi connectivity index (χ0v) is 13.5. The summed E-state index contributed by atoms with van der Waals surface area (Å²) in [5.41, 5.74) is 5.50. The number of amidine groups is 1. The molecule has 0 aromatic heterocycles. The highest BCUT2D eigenvalue weighted by molar-refractivity contribution is 5.85. The Morgan fingerprint density at radius 1 is 1.30 bits per heavy atom. The third-order valence-corrected chi connectivity index (χ3v) is 4.87. The summed E-state index contributed by atoms with van der Waals surface area (Å²) in [5.74, 6) is 1.21. The summed E-state index contributed by atoms with van der Waals surface area (Å²) in [6, 6.07) is 0.728. The highest BCUT2D eigenvalue weighted by atomic mass is 16.4.